The second-order valence-corrected chi connectivity index (χ2v) is 5.27. The monoisotopic (exact) mass is 290 g/mol. The van der Waals surface area contributed by atoms with Crippen molar-refractivity contribution in [3.8, 4) is 0 Å². The van der Waals surface area contributed by atoms with E-state index in [2.05, 4.69) is 15.9 Å². The maximum Gasteiger partial charge on any atom is 0.159 e. The summed E-state index contributed by atoms with van der Waals surface area (Å²) < 4.78 is 31.1. The lowest BCUT2D eigenvalue weighted by Crippen LogP contribution is -2.29. The first-order valence-electron chi connectivity index (χ1n) is 5.32. The third-order valence-electron chi connectivity index (χ3n) is 2.86. The Morgan fingerprint density at radius 3 is 2.81 bits per heavy atom. The summed E-state index contributed by atoms with van der Waals surface area (Å²) in [4.78, 5) is 0.398. The van der Waals surface area contributed by atoms with E-state index in [1.54, 1.807) is 6.07 Å². The fourth-order valence-electron chi connectivity index (χ4n) is 1.93. The van der Waals surface area contributed by atoms with E-state index in [-0.39, 0.29) is 0 Å². The number of halogens is 3. The van der Waals surface area contributed by atoms with Crippen molar-refractivity contribution in [3.63, 3.8) is 0 Å². The summed E-state index contributed by atoms with van der Waals surface area (Å²) in [7, 11) is 0. The Hall–Kier alpha value is -0.480. The van der Waals surface area contributed by atoms with E-state index in [4.69, 9.17) is 4.74 Å². The van der Waals surface area contributed by atoms with E-state index in [1.807, 2.05) is 0 Å². The largest absolute Gasteiger partial charge is 0.381 e. The van der Waals surface area contributed by atoms with Gasteiger partial charge in [0.2, 0.25) is 0 Å². The molecule has 16 heavy (non-hydrogen) atoms. The van der Waals surface area contributed by atoms with Crippen molar-refractivity contribution in [1.82, 2.24) is 0 Å². The minimum Gasteiger partial charge on any atom is -0.381 e. The van der Waals surface area contributed by atoms with E-state index < -0.39 is 11.6 Å². The Morgan fingerprint density at radius 2 is 2.12 bits per heavy atom. The summed E-state index contributed by atoms with van der Waals surface area (Å²) in [6.45, 7) is 1.44. The topological polar surface area (TPSA) is 9.23 Å². The van der Waals surface area contributed by atoms with Crippen molar-refractivity contribution in [1.29, 1.82) is 0 Å². The molecule has 2 atom stereocenters. The number of hydrogen-bond acceptors (Lipinski definition) is 1. The van der Waals surface area contributed by atoms with Crippen LogP contribution in [0, 0.1) is 17.6 Å². The van der Waals surface area contributed by atoms with Crippen LogP contribution in [0.4, 0.5) is 8.78 Å². The second-order valence-electron chi connectivity index (χ2n) is 4.09. The average molecular weight is 291 g/mol. The lowest BCUT2D eigenvalue weighted by atomic mass is 9.94. The molecule has 0 radical (unpaired) electrons. The molecule has 2 unspecified atom stereocenters. The summed E-state index contributed by atoms with van der Waals surface area (Å²) in [5.74, 6) is -1.24. The Bertz CT molecular complexity index is 370. The summed E-state index contributed by atoms with van der Waals surface area (Å²) in [6, 6.07) is 4.08. The third-order valence-corrected chi connectivity index (χ3v) is 4.07. The molecule has 0 aliphatic carbocycles. The van der Waals surface area contributed by atoms with Gasteiger partial charge in [0.25, 0.3) is 0 Å². The number of rotatable bonds is 2. The van der Waals surface area contributed by atoms with E-state index in [1.165, 1.54) is 12.1 Å². The number of ether oxygens (including phenoxy) is 1. The van der Waals surface area contributed by atoms with Gasteiger partial charge < -0.3 is 4.74 Å². The Balaban J connectivity index is 2.05. The average Bonchev–Trinajstić information content (AvgIpc) is 2.27. The second kappa shape index (κ2) is 5.23. The van der Waals surface area contributed by atoms with Crippen LogP contribution in [0.15, 0.2) is 18.2 Å². The van der Waals surface area contributed by atoms with E-state index in [0.717, 1.165) is 18.6 Å². The molecule has 1 aromatic rings. The van der Waals surface area contributed by atoms with Crippen LogP contribution in [0.25, 0.3) is 0 Å². The fraction of sp³-hybridized carbons (Fsp3) is 0.500. The minimum atomic E-state index is -0.793. The number of benzene rings is 1. The van der Waals surface area contributed by atoms with Gasteiger partial charge in [0, 0.05) is 11.4 Å². The quantitative estimate of drug-likeness (QED) is 0.760. The molecule has 0 amide bonds. The van der Waals surface area contributed by atoms with E-state index >= 15 is 0 Å². The Morgan fingerprint density at radius 1 is 1.31 bits per heavy atom. The van der Waals surface area contributed by atoms with Gasteiger partial charge in [-0.1, -0.05) is 22.0 Å². The molecule has 1 nitrogen and oxygen atoms in total. The zero-order valence-corrected chi connectivity index (χ0v) is 10.3. The highest BCUT2D eigenvalue weighted by Crippen LogP contribution is 2.26. The van der Waals surface area contributed by atoms with Gasteiger partial charge >= 0.3 is 0 Å². The highest BCUT2D eigenvalue weighted by molar-refractivity contribution is 9.09. The molecule has 1 fully saturated rings. The molecule has 0 N–H and O–H groups in total. The van der Waals surface area contributed by atoms with E-state index in [9.17, 15) is 8.78 Å². The molecule has 1 saturated heterocycles. The van der Waals surface area contributed by atoms with Crippen LogP contribution in [0.3, 0.4) is 0 Å². The van der Waals surface area contributed by atoms with Gasteiger partial charge in [0.15, 0.2) is 11.6 Å². The van der Waals surface area contributed by atoms with Crippen molar-refractivity contribution in [2.24, 2.45) is 5.92 Å². The molecule has 0 spiro atoms. The molecule has 0 aromatic heterocycles. The molecule has 88 valence electrons. The molecule has 2 rings (SSSR count). The smallest absolute Gasteiger partial charge is 0.159 e. The number of alkyl halides is 1. The fourth-order valence-corrected chi connectivity index (χ4v) is 2.45. The van der Waals surface area contributed by atoms with Gasteiger partial charge in [0.1, 0.15) is 0 Å². The highest BCUT2D eigenvalue weighted by Gasteiger charge is 2.23. The van der Waals surface area contributed by atoms with Crippen LogP contribution in [-0.4, -0.2) is 18.0 Å². The van der Waals surface area contributed by atoms with Crippen LogP contribution in [0.1, 0.15) is 12.0 Å². The zero-order valence-electron chi connectivity index (χ0n) is 8.76. The normalized spacial score (nSPS) is 25.7. The van der Waals surface area contributed by atoms with Gasteiger partial charge in [-0.2, -0.15) is 0 Å². The summed E-state index contributed by atoms with van der Waals surface area (Å²) in [5.41, 5.74) is 0.818. The van der Waals surface area contributed by atoms with Crippen molar-refractivity contribution in [2.75, 3.05) is 13.2 Å². The Labute approximate surface area is 102 Å². The molecule has 0 bridgehead atoms. The number of hydrogen-bond donors (Lipinski definition) is 0. The maximum absolute atomic E-state index is 13.0. The SMILES string of the molecule is Fc1ccc(CC2COCCC2Br)cc1F. The van der Waals surface area contributed by atoms with Crippen LogP contribution in [-0.2, 0) is 11.2 Å². The molecule has 1 heterocycles. The summed E-state index contributed by atoms with van der Waals surface area (Å²) in [6.07, 6.45) is 1.68. The first kappa shape index (κ1) is 12.0. The lowest BCUT2D eigenvalue weighted by Gasteiger charge is -2.27. The van der Waals surface area contributed by atoms with Crippen molar-refractivity contribution in [2.45, 2.75) is 17.7 Å². The van der Waals surface area contributed by atoms with Crippen LogP contribution in [0.2, 0.25) is 0 Å². The van der Waals surface area contributed by atoms with Gasteiger partial charge in [-0.3, -0.25) is 0 Å². The van der Waals surface area contributed by atoms with E-state index in [0.29, 0.717) is 23.8 Å². The van der Waals surface area contributed by atoms with Crippen molar-refractivity contribution in [3.05, 3.63) is 35.4 Å². The standard InChI is InChI=1S/C12H13BrF2O/c13-10-3-4-16-7-9(10)5-8-1-2-11(14)12(15)6-8/h1-2,6,9-10H,3-5,7H2. The minimum absolute atomic E-state index is 0.332. The Kier molecular flexibility index (Phi) is 3.92. The van der Waals surface area contributed by atoms with Crippen molar-refractivity contribution >= 4 is 15.9 Å². The molecule has 4 heteroatoms. The molecule has 1 aliphatic rings. The molecule has 1 aliphatic heterocycles. The van der Waals surface area contributed by atoms with Gasteiger partial charge in [-0.15, -0.1) is 0 Å². The first-order valence-corrected chi connectivity index (χ1v) is 6.24. The predicted molar refractivity (Wildman–Crippen MR) is 61.7 cm³/mol. The van der Waals surface area contributed by atoms with Gasteiger partial charge in [-0.25, -0.2) is 8.78 Å². The molecule has 1 aromatic carbocycles. The molecular weight excluding hydrogens is 278 g/mol. The summed E-state index contributed by atoms with van der Waals surface area (Å²) in [5, 5.41) is 0. The first-order chi connectivity index (χ1) is 7.66. The molecule has 0 saturated carbocycles. The maximum atomic E-state index is 13.0. The third kappa shape index (κ3) is 2.80. The summed E-state index contributed by atoms with van der Waals surface area (Å²) >= 11 is 3.60. The van der Waals surface area contributed by atoms with Crippen molar-refractivity contribution < 1.29 is 13.5 Å². The molecular formula is C12H13BrF2O. The van der Waals surface area contributed by atoms with Crippen LogP contribution < -0.4 is 0 Å². The zero-order chi connectivity index (χ0) is 11.5. The predicted octanol–water partition coefficient (Wildman–Crippen LogP) is 3.31. The lowest BCUT2D eigenvalue weighted by molar-refractivity contribution is 0.0605. The highest BCUT2D eigenvalue weighted by atomic mass is 79.9. The van der Waals surface area contributed by atoms with Gasteiger partial charge in [0.05, 0.1) is 6.61 Å². The van der Waals surface area contributed by atoms with Crippen LogP contribution in [0.5, 0.6) is 0 Å². The van der Waals surface area contributed by atoms with Crippen LogP contribution >= 0.6 is 15.9 Å². The van der Waals surface area contributed by atoms with Gasteiger partial charge in [-0.05, 0) is 36.5 Å².